The first kappa shape index (κ1) is 11.9. The Morgan fingerprint density at radius 3 is 2.29 bits per heavy atom. The highest BCUT2D eigenvalue weighted by atomic mass is 35.5. The number of halogens is 1. The summed E-state index contributed by atoms with van der Waals surface area (Å²) in [5.74, 6) is 0. The minimum atomic E-state index is 0.630. The molecule has 2 nitrogen and oxygen atoms in total. The predicted octanol–water partition coefficient (Wildman–Crippen LogP) is 3.63. The summed E-state index contributed by atoms with van der Waals surface area (Å²) in [5.41, 5.74) is 7.70. The molecule has 0 saturated carbocycles. The van der Waals surface area contributed by atoms with Crippen LogP contribution in [-0.2, 0) is 0 Å². The molecule has 86 valence electrons. The van der Waals surface area contributed by atoms with Gasteiger partial charge in [-0.3, -0.25) is 10.9 Å². The van der Waals surface area contributed by atoms with Crippen LogP contribution in [0.5, 0.6) is 0 Å². The maximum atomic E-state index is 6.01. The smallest absolute Gasteiger partial charge is 0.125 e. The van der Waals surface area contributed by atoms with Gasteiger partial charge in [-0.05, 0) is 12.1 Å². The van der Waals surface area contributed by atoms with Gasteiger partial charge >= 0.3 is 0 Å². The summed E-state index contributed by atoms with van der Waals surface area (Å²) in [6.07, 6.45) is 0. The SMILES string of the molecule is S=C(NNc1ccccc1Cl)c1ccccc1. The summed E-state index contributed by atoms with van der Waals surface area (Å²) >= 11 is 11.3. The molecule has 0 fully saturated rings. The van der Waals surface area contributed by atoms with Crippen LogP contribution in [0.15, 0.2) is 54.6 Å². The summed E-state index contributed by atoms with van der Waals surface area (Å²) in [6, 6.07) is 17.2. The zero-order valence-electron chi connectivity index (χ0n) is 8.98. The molecule has 0 aliphatic carbocycles. The van der Waals surface area contributed by atoms with Gasteiger partial charge in [0.15, 0.2) is 0 Å². The van der Waals surface area contributed by atoms with Crippen molar-refractivity contribution in [2.75, 3.05) is 5.43 Å². The zero-order chi connectivity index (χ0) is 12.1. The molecule has 0 aliphatic heterocycles. The van der Waals surface area contributed by atoms with Gasteiger partial charge in [0, 0.05) is 5.56 Å². The van der Waals surface area contributed by atoms with E-state index in [2.05, 4.69) is 10.9 Å². The fraction of sp³-hybridized carbons (Fsp3) is 0. The van der Waals surface area contributed by atoms with Crippen LogP contribution in [-0.4, -0.2) is 4.99 Å². The van der Waals surface area contributed by atoms with Crippen LogP contribution >= 0.6 is 23.8 Å². The Labute approximate surface area is 111 Å². The monoisotopic (exact) mass is 262 g/mol. The minimum absolute atomic E-state index is 0.630. The standard InChI is InChI=1S/C13H11ClN2S/c14-11-8-4-5-9-12(11)15-16-13(17)10-6-2-1-3-7-10/h1-9,15H,(H,16,17). The molecule has 0 radical (unpaired) electrons. The molecule has 0 saturated heterocycles. The molecule has 2 N–H and O–H groups in total. The molecule has 0 aliphatic rings. The van der Waals surface area contributed by atoms with E-state index in [1.165, 1.54) is 0 Å². The second kappa shape index (κ2) is 5.66. The van der Waals surface area contributed by atoms with Crippen molar-refractivity contribution >= 4 is 34.5 Å². The van der Waals surface area contributed by atoms with E-state index in [9.17, 15) is 0 Å². The van der Waals surface area contributed by atoms with E-state index in [1.54, 1.807) is 0 Å². The molecule has 0 atom stereocenters. The Morgan fingerprint density at radius 1 is 0.941 bits per heavy atom. The van der Waals surface area contributed by atoms with Gasteiger partial charge in [0.2, 0.25) is 0 Å². The second-order valence-corrected chi connectivity index (χ2v) is 4.24. The minimum Gasteiger partial charge on any atom is -0.299 e. The van der Waals surface area contributed by atoms with E-state index in [4.69, 9.17) is 23.8 Å². The number of hydrogen-bond donors (Lipinski definition) is 2. The molecule has 0 heterocycles. The van der Waals surface area contributed by atoms with Crippen molar-refractivity contribution in [3.05, 3.63) is 65.2 Å². The number of nitrogens with one attached hydrogen (secondary N) is 2. The Kier molecular flexibility index (Phi) is 3.96. The van der Waals surface area contributed by atoms with Gasteiger partial charge in [0.25, 0.3) is 0 Å². The summed E-state index contributed by atoms with van der Waals surface area (Å²) in [5, 5.41) is 0.649. The fourth-order valence-corrected chi connectivity index (χ4v) is 1.72. The first-order valence-corrected chi connectivity index (χ1v) is 5.92. The Bertz CT molecular complexity index is 514. The average molecular weight is 263 g/mol. The first-order valence-electron chi connectivity index (χ1n) is 5.13. The number of anilines is 1. The van der Waals surface area contributed by atoms with Gasteiger partial charge in [-0.1, -0.05) is 66.3 Å². The van der Waals surface area contributed by atoms with Crippen LogP contribution in [0.4, 0.5) is 5.69 Å². The number of benzene rings is 2. The van der Waals surface area contributed by atoms with E-state index in [1.807, 2.05) is 54.6 Å². The lowest BCUT2D eigenvalue weighted by Gasteiger charge is -2.11. The predicted molar refractivity (Wildman–Crippen MR) is 76.4 cm³/mol. The second-order valence-electron chi connectivity index (χ2n) is 3.42. The summed E-state index contributed by atoms with van der Waals surface area (Å²) in [4.78, 5) is 0.630. The van der Waals surface area contributed by atoms with Crippen LogP contribution < -0.4 is 10.9 Å². The number of hydrogen-bond acceptors (Lipinski definition) is 2. The average Bonchev–Trinajstić information content (AvgIpc) is 2.38. The summed E-state index contributed by atoms with van der Waals surface area (Å²) < 4.78 is 0. The quantitative estimate of drug-likeness (QED) is 0.652. The van der Waals surface area contributed by atoms with Crippen molar-refractivity contribution < 1.29 is 0 Å². The lowest BCUT2D eigenvalue weighted by atomic mass is 10.2. The molecule has 2 rings (SSSR count). The first-order chi connectivity index (χ1) is 8.27. The number of hydrazine groups is 1. The van der Waals surface area contributed by atoms with E-state index < -0.39 is 0 Å². The number of para-hydroxylation sites is 1. The van der Waals surface area contributed by atoms with Crippen molar-refractivity contribution in [2.45, 2.75) is 0 Å². The maximum Gasteiger partial charge on any atom is 0.125 e. The highest BCUT2D eigenvalue weighted by molar-refractivity contribution is 7.80. The third-order valence-corrected chi connectivity index (χ3v) is 2.89. The number of thiocarbonyl (C=S) groups is 1. The Hall–Kier alpha value is -1.58. The van der Waals surface area contributed by atoms with Crippen molar-refractivity contribution in [1.29, 1.82) is 0 Å². The Morgan fingerprint density at radius 2 is 1.59 bits per heavy atom. The van der Waals surface area contributed by atoms with Crippen LogP contribution in [0.25, 0.3) is 0 Å². The normalized spacial score (nSPS) is 9.71. The Balaban J connectivity index is 2.00. The largest absolute Gasteiger partial charge is 0.299 e. The van der Waals surface area contributed by atoms with Crippen LogP contribution in [0.3, 0.4) is 0 Å². The lowest BCUT2D eigenvalue weighted by molar-refractivity contribution is 1.14. The molecule has 2 aromatic carbocycles. The molecule has 4 heteroatoms. The van der Waals surface area contributed by atoms with E-state index in [0.717, 1.165) is 11.3 Å². The van der Waals surface area contributed by atoms with Crippen molar-refractivity contribution in [2.24, 2.45) is 0 Å². The van der Waals surface area contributed by atoms with Gasteiger partial charge in [-0.2, -0.15) is 0 Å². The van der Waals surface area contributed by atoms with Crippen LogP contribution in [0.1, 0.15) is 5.56 Å². The van der Waals surface area contributed by atoms with Gasteiger partial charge in [0.1, 0.15) is 4.99 Å². The third-order valence-electron chi connectivity index (χ3n) is 2.22. The van der Waals surface area contributed by atoms with Crippen LogP contribution in [0.2, 0.25) is 5.02 Å². The van der Waals surface area contributed by atoms with Crippen molar-refractivity contribution in [1.82, 2.24) is 5.43 Å². The molecule has 17 heavy (non-hydrogen) atoms. The molecular weight excluding hydrogens is 252 g/mol. The summed E-state index contributed by atoms with van der Waals surface area (Å²) in [6.45, 7) is 0. The highest BCUT2D eigenvalue weighted by Gasteiger charge is 2.00. The molecule has 0 bridgehead atoms. The van der Waals surface area contributed by atoms with Gasteiger partial charge in [-0.25, -0.2) is 0 Å². The molecule has 0 aromatic heterocycles. The fourth-order valence-electron chi connectivity index (χ4n) is 1.35. The zero-order valence-corrected chi connectivity index (χ0v) is 10.6. The molecule has 0 unspecified atom stereocenters. The lowest BCUT2D eigenvalue weighted by Crippen LogP contribution is -2.28. The van der Waals surface area contributed by atoms with E-state index >= 15 is 0 Å². The van der Waals surface area contributed by atoms with Crippen molar-refractivity contribution in [3.8, 4) is 0 Å². The molecule has 0 amide bonds. The van der Waals surface area contributed by atoms with Crippen LogP contribution in [0, 0.1) is 0 Å². The molecular formula is C13H11ClN2S. The molecule has 2 aromatic rings. The van der Waals surface area contributed by atoms with Gasteiger partial charge in [-0.15, -0.1) is 0 Å². The summed E-state index contributed by atoms with van der Waals surface area (Å²) in [7, 11) is 0. The molecule has 0 spiro atoms. The topological polar surface area (TPSA) is 24.1 Å². The van der Waals surface area contributed by atoms with Gasteiger partial charge in [0.05, 0.1) is 10.7 Å². The van der Waals surface area contributed by atoms with E-state index in [0.29, 0.717) is 10.0 Å². The van der Waals surface area contributed by atoms with Crippen molar-refractivity contribution in [3.63, 3.8) is 0 Å². The maximum absolute atomic E-state index is 6.01. The number of rotatable bonds is 3. The van der Waals surface area contributed by atoms with E-state index in [-0.39, 0.29) is 0 Å². The third kappa shape index (κ3) is 3.19. The van der Waals surface area contributed by atoms with Gasteiger partial charge < -0.3 is 0 Å². The highest BCUT2D eigenvalue weighted by Crippen LogP contribution is 2.19.